The smallest absolute Gasteiger partial charge is 0.237 e. The molecule has 0 unspecified atom stereocenters. The number of benzene rings is 2. The van der Waals surface area contributed by atoms with Crippen molar-refractivity contribution in [1.29, 1.82) is 0 Å². The summed E-state index contributed by atoms with van der Waals surface area (Å²) in [7, 11) is 1.42. The van der Waals surface area contributed by atoms with Crippen molar-refractivity contribution in [3.8, 4) is 5.75 Å². The van der Waals surface area contributed by atoms with Crippen LogP contribution in [0.3, 0.4) is 0 Å². The van der Waals surface area contributed by atoms with E-state index in [4.69, 9.17) is 4.74 Å². The highest BCUT2D eigenvalue weighted by molar-refractivity contribution is 5.79. The van der Waals surface area contributed by atoms with Crippen LogP contribution in [0.4, 0.5) is 8.78 Å². The lowest BCUT2D eigenvalue weighted by molar-refractivity contribution is -0.136. The minimum atomic E-state index is -0.918. The summed E-state index contributed by atoms with van der Waals surface area (Å²) in [5.74, 6) is -1.56. The molecule has 4 nitrogen and oxygen atoms in total. The van der Waals surface area contributed by atoms with Crippen LogP contribution in [0.5, 0.6) is 5.75 Å². The first kappa shape index (κ1) is 18.3. The van der Waals surface area contributed by atoms with Crippen molar-refractivity contribution in [3.63, 3.8) is 0 Å². The molecule has 138 valence electrons. The van der Waals surface area contributed by atoms with Gasteiger partial charge < -0.3 is 9.64 Å². The summed E-state index contributed by atoms with van der Waals surface area (Å²) >= 11 is 0. The fourth-order valence-electron chi connectivity index (χ4n) is 3.11. The molecule has 0 aromatic heterocycles. The number of hydrogen-bond acceptors (Lipinski definition) is 3. The van der Waals surface area contributed by atoms with Crippen LogP contribution in [0.2, 0.25) is 0 Å². The van der Waals surface area contributed by atoms with Crippen LogP contribution in [0.15, 0.2) is 36.4 Å². The minimum absolute atomic E-state index is 0.0207. The molecule has 26 heavy (non-hydrogen) atoms. The van der Waals surface area contributed by atoms with E-state index in [1.807, 2.05) is 36.1 Å². The van der Waals surface area contributed by atoms with Crippen LogP contribution in [-0.2, 0) is 17.9 Å². The number of carbonyl (C=O) groups is 1. The van der Waals surface area contributed by atoms with Crippen molar-refractivity contribution in [2.45, 2.75) is 20.0 Å². The van der Waals surface area contributed by atoms with E-state index >= 15 is 0 Å². The minimum Gasteiger partial charge on any atom is -0.496 e. The van der Waals surface area contributed by atoms with Gasteiger partial charge in [0.1, 0.15) is 5.75 Å². The monoisotopic (exact) mass is 360 g/mol. The second-order valence-electron chi connectivity index (χ2n) is 6.55. The fourth-order valence-corrected chi connectivity index (χ4v) is 3.11. The van der Waals surface area contributed by atoms with Gasteiger partial charge in [0.25, 0.3) is 0 Å². The number of aryl methyl sites for hydroxylation is 1. The van der Waals surface area contributed by atoms with E-state index in [9.17, 15) is 13.6 Å². The molecule has 6 heteroatoms. The molecule has 0 radical (unpaired) electrons. The van der Waals surface area contributed by atoms with E-state index in [2.05, 4.69) is 0 Å². The number of rotatable bonds is 5. The predicted molar refractivity (Wildman–Crippen MR) is 94.8 cm³/mol. The third-order valence-corrected chi connectivity index (χ3v) is 4.65. The normalized spacial score (nSPS) is 15.4. The third-order valence-electron chi connectivity index (χ3n) is 4.65. The lowest BCUT2D eigenvalue weighted by Gasteiger charge is -2.34. The summed E-state index contributed by atoms with van der Waals surface area (Å²) in [4.78, 5) is 16.1. The summed E-state index contributed by atoms with van der Waals surface area (Å²) in [5.41, 5.74) is 2.40. The van der Waals surface area contributed by atoms with Gasteiger partial charge in [0.05, 0.1) is 13.7 Å². The highest BCUT2D eigenvalue weighted by Crippen LogP contribution is 2.25. The Morgan fingerprint density at radius 2 is 1.77 bits per heavy atom. The van der Waals surface area contributed by atoms with Crippen LogP contribution in [0, 0.1) is 18.6 Å². The van der Waals surface area contributed by atoms with Crippen molar-refractivity contribution >= 4 is 5.91 Å². The second kappa shape index (κ2) is 7.83. The number of amides is 1. The van der Waals surface area contributed by atoms with Crippen molar-refractivity contribution in [3.05, 3.63) is 64.7 Å². The van der Waals surface area contributed by atoms with Gasteiger partial charge in [-0.05, 0) is 24.6 Å². The molecule has 0 N–H and O–H groups in total. The second-order valence-corrected chi connectivity index (χ2v) is 6.55. The van der Waals surface area contributed by atoms with E-state index < -0.39 is 11.6 Å². The van der Waals surface area contributed by atoms with Crippen LogP contribution in [0.1, 0.15) is 16.7 Å². The number of methoxy groups -OCH3 is 1. The van der Waals surface area contributed by atoms with Gasteiger partial charge in [-0.1, -0.05) is 29.8 Å². The Kier molecular flexibility index (Phi) is 5.52. The molecular formula is C20H22F2N2O2. The van der Waals surface area contributed by atoms with Gasteiger partial charge in [-0.2, -0.15) is 0 Å². The maximum absolute atomic E-state index is 14.1. The van der Waals surface area contributed by atoms with Gasteiger partial charge in [-0.3, -0.25) is 9.69 Å². The van der Waals surface area contributed by atoms with E-state index in [1.165, 1.54) is 18.7 Å². The Morgan fingerprint density at radius 3 is 2.42 bits per heavy atom. The van der Waals surface area contributed by atoms with E-state index in [0.29, 0.717) is 25.4 Å². The number of hydrogen-bond donors (Lipinski definition) is 0. The fraction of sp³-hybridized carbons (Fsp3) is 0.350. The van der Waals surface area contributed by atoms with Crippen LogP contribution in [-0.4, -0.2) is 42.5 Å². The molecule has 1 amide bonds. The van der Waals surface area contributed by atoms with Gasteiger partial charge in [0.15, 0.2) is 11.6 Å². The zero-order valence-corrected chi connectivity index (χ0v) is 15.0. The van der Waals surface area contributed by atoms with Crippen molar-refractivity contribution in [1.82, 2.24) is 9.80 Å². The van der Waals surface area contributed by atoms with Crippen LogP contribution < -0.4 is 4.74 Å². The molecule has 2 aromatic carbocycles. The Hall–Kier alpha value is -2.47. The Bertz CT molecular complexity index is 793. The summed E-state index contributed by atoms with van der Waals surface area (Å²) in [6.45, 7) is 4.03. The average Bonchev–Trinajstić information content (AvgIpc) is 2.63. The molecule has 1 heterocycles. The highest BCUT2D eigenvalue weighted by atomic mass is 19.2. The maximum atomic E-state index is 14.1. The molecule has 0 aliphatic carbocycles. The molecule has 3 rings (SSSR count). The number of halogens is 2. The molecule has 0 atom stereocenters. The van der Waals surface area contributed by atoms with Gasteiger partial charge in [-0.25, -0.2) is 8.78 Å². The molecule has 1 saturated heterocycles. The van der Waals surface area contributed by atoms with Crippen LogP contribution in [0.25, 0.3) is 0 Å². The molecule has 1 aliphatic rings. The maximum Gasteiger partial charge on any atom is 0.237 e. The third kappa shape index (κ3) is 4.02. The first-order valence-corrected chi connectivity index (χ1v) is 8.54. The Labute approximate surface area is 152 Å². The summed E-state index contributed by atoms with van der Waals surface area (Å²) in [5, 5.41) is 0. The Balaban J connectivity index is 1.65. The van der Waals surface area contributed by atoms with Crippen molar-refractivity contribution < 1.29 is 18.3 Å². The van der Waals surface area contributed by atoms with Gasteiger partial charge in [0, 0.05) is 31.7 Å². The predicted octanol–water partition coefficient (Wildman–Crippen LogP) is 3.13. The van der Waals surface area contributed by atoms with Crippen molar-refractivity contribution in [2.24, 2.45) is 0 Å². The molecule has 1 fully saturated rings. The first-order chi connectivity index (χ1) is 12.5. The molecular weight excluding hydrogens is 338 g/mol. The van der Waals surface area contributed by atoms with E-state index in [-0.39, 0.29) is 24.6 Å². The van der Waals surface area contributed by atoms with Gasteiger partial charge >= 0.3 is 0 Å². The summed E-state index contributed by atoms with van der Waals surface area (Å²) in [6, 6.07) is 10.5. The largest absolute Gasteiger partial charge is 0.496 e. The first-order valence-electron chi connectivity index (χ1n) is 8.54. The topological polar surface area (TPSA) is 32.8 Å². The van der Waals surface area contributed by atoms with Gasteiger partial charge in [-0.15, -0.1) is 0 Å². The Morgan fingerprint density at radius 1 is 1.04 bits per heavy atom. The summed E-state index contributed by atoms with van der Waals surface area (Å²) in [6.07, 6.45) is 0. The number of nitrogens with zero attached hydrogens (tertiary/aromatic N) is 2. The standard InChI is InChI=1S/C20H22F2N2O2/c1-14-3-5-15(6-4-14)11-24-10-9-23(13-19(24)25)12-16-18(26-2)8-7-17(21)20(16)22/h3-8H,9-13H2,1-2H3. The number of carbonyl (C=O) groups excluding carboxylic acids is 1. The quantitative estimate of drug-likeness (QED) is 0.821. The average molecular weight is 360 g/mol. The van der Waals surface area contributed by atoms with E-state index in [0.717, 1.165) is 11.6 Å². The summed E-state index contributed by atoms with van der Waals surface area (Å²) < 4.78 is 32.8. The zero-order chi connectivity index (χ0) is 18.7. The lowest BCUT2D eigenvalue weighted by atomic mass is 10.1. The molecule has 2 aromatic rings. The number of ether oxygens (including phenoxy) is 1. The zero-order valence-electron chi connectivity index (χ0n) is 15.0. The molecule has 0 bridgehead atoms. The number of piperazine rings is 1. The van der Waals surface area contributed by atoms with Gasteiger partial charge in [0.2, 0.25) is 5.91 Å². The SMILES string of the molecule is COc1ccc(F)c(F)c1CN1CCN(Cc2ccc(C)cc2)C(=O)C1. The molecule has 0 saturated carbocycles. The molecule has 0 spiro atoms. The van der Waals surface area contributed by atoms with Crippen molar-refractivity contribution in [2.75, 3.05) is 26.7 Å². The highest BCUT2D eigenvalue weighted by Gasteiger charge is 2.26. The lowest BCUT2D eigenvalue weighted by Crippen LogP contribution is -2.49. The van der Waals surface area contributed by atoms with Crippen LogP contribution >= 0.6 is 0 Å². The van der Waals surface area contributed by atoms with E-state index in [1.54, 1.807) is 4.90 Å². The molecule has 1 aliphatic heterocycles.